The van der Waals surface area contributed by atoms with Gasteiger partial charge in [0, 0.05) is 5.41 Å². The van der Waals surface area contributed by atoms with E-state index in [1.165, 1.54) is 5.56 Å². The summed E-state index contributed by atoms with van der Waals surface area (Å²) in [5, 5.41) is 31.2. The van der Waals surface area contributed by atoms with E-state index in [4.69, 9.17) is 6.42 Å². The summed E-state index contributed by atoms with van der Waals surface area (Å²) in [6.45, 7) is 2.14. The molecule has 122 valence electrons. The van der Waals surface area contributed by atoms with Gasteiger partial charge in [-0.2, -0.15) is 0 Å². The molecule has 3 N–H and O–H groups in total. The highest BCUT2D eigenvalue weighted by Crippen LogP contribution is 2.65. The minimum absolute atomic E-state index is 0.212. The van der Waals surface area contributed by atoms with Crippen LogP contribution in [0.2, 0.25) is 0 Å². The van der Waals surface area contributed by atoms with E-state index in [0.29, 0.717) is 30.6 Å². The molecule has 23 heavy (non-hydrogen) atoms. The topological polar surface area (TPSA) is 60.7 Å². The number of rotatable bonds is 0. The van der Waals surface area contributed by atoms with Crippen LogP contribution in [-0.2, 0) is 0 Å². The predicted molar refractivity (Wildman–Crippen MR) is 87.8 cm³/mol. The van der Waals surface area contributed by atoms with Crippen molar-refractivity contribution in [2.45, 2.75) is 56.7 Å². The van der Waals surface area contributed by atoms with E-state index in [1.54, 1.807) is 12.1 Å². The maximum absolute atomic E-state index is 10.9. The highest BCUT2D eigenvalue weighted by atomic mass is 16.3. The van der Waals surface area contributed by atoms with E-state index < -0.39 is 11.7 Å². The third kappa shape index (κ3) is 1.86. The predicted octanol–water partition coefficient (Wildman–Crippen LogP) is 3.10. The van der Waals surface area contributed by atoms with E-state index in [9.17, 15) is 15.3 Å². The fourth-order valence-electron chi connectivity index (χ4n) is 5.83. The second kappa shape index (κ2) is 4.75. The van der Waals surface area contributed by atoms with Crippen LogP contribution in [0.5, 0.6) is 5.75 Å². The number of benzene rings is 1. The van der Waals surface area contributed by atoms with Crippen LogP contribution in [-0.4, -0.2) is 20.9 Å². The number of aliphatic hydroxyl groups excluding tert-OH is 1. The molecule has 0 heterocycles. The molecule has 0 bridgehead atoms. The summed E-state index contributed by atoms with van der Waals surface area (Å²) in [4.78, 5) is 0. The van der Waals surface area contributed by atoms with Gasteiger partial charge in [0.25, 0.3) is 0 Å². The second-order valence-electron chi connectivity index (χ2n) is 7.94. The van der Waals surface area contributed by atoms with Gasteiger partial charge in [0.15, 0.2) is 0 Å². The smallest absolute Gasteiger partial charge is 0.130 e. The average molecular weight is 312 g/mol. The Labute approximate surface area is 137 Å². The van der Waals surface area contributed by atoms with Crippen molar-refractivity contribution in [2.75, 3.05) is 0 Å². The normalized spacial score (nSPS) is 44.8. The summed E-state index contributed by atoms with van der Waals surface area (Å²) >= 11 is 0. The SMILES string of the molecule is C#C[C@]1(O)CCC2C3C[C@@H](O)c4cc(O)ccc4C3CC[C@@]21C. The number of terminal acetylenes is 1. The Bertz CT molecular complexity index is 691. The Morgan fingerprint density at radius 2 is 2.00 bits per heavy atom. The first-order valence-electron chi connectivity index (χ1n) is 8.60. The van der Waals surface area contributed by atoms with Crippen molar-refractivity contribution in [3.8, 4) is 18.1 Å². The fraction of sp³-hybridized carbons (Fsp3) is 0.600. The molecule has 3 aliphatic carbocycles. The van der Waals surface area contributed by atoms with Crippen molar-refractivity contribution in [1.29, 1.82) is 0 Å². The van der Waals surface area contributed by atoms with E-state index in [1.807, 2.05) is 6.07 Å². The molecular formula is C20H24O3. The summed E-state index contributed by atoms with van der Waals surface area (Å²) < 4.78 is 0. The van der Waals surface area contributed by atoms with Crippen LogP contribution >= 0.6 is 0 Å². The van der Waals surface area contributed by atoms with Gasteiger partial charge in [-0.15, -0.1) is 6.42 Å². The molecule has 3 aliphatic rings. The number of hydrogen-bond acceptors (Lipinski definition) is 3. The van der Waals surface area contributed by atoms with Crippen LogP contribution in [0, 0.1) is 29.6 Å². The van der Waals surface area contributed by atoms with Crippen molar-refractivity contribution >= 4 is 0 Å². The van der Waals surface area contributed by atoms with Gasteiger partial charge in [0.1, 0.15) is 11.4 Å². The van der Waals surface area contributed by atoms with Gasteiger partial charge in [-0.05, 0) is 73.1 Å². The molecule has 0 radical (unpaired) electrons. The molecule has 6 atom stereocenters. The van der Waals surface area contributed by atoms with Crippen LogP contribution in [0.4, 0.5) is 0 Å². The lowest BCUT2D eigenvalue weighted by Crippen LogP contribution is -2.50. The lowest BCUT2D eigenvalue weighted by atomic mass is 9.53. The van der Waals surface area contributed by atoms with Crippen molar-refractivity contribution in [1.82, 2.24) is 0 Å². The number of aromatic hydroxyl groups is 1. The maximum Gasteiger partial charge on any atom is 0.130 e. The van der Waals surface area contributed by atoms with Gasteiger partial charge in [-0.1, -0.05) is 18.9 Å². The maximum atomic E-state index is 10.9. The molecule has 4 rings (SSSR count). The third-order valence-electron chi connectivity index (χ3n) is 7.15. The zero-order valence-electron chi connectivity index (χ0n) is 13.5. The molecule has 0 spiro atoms. The van der Waals surface area contributed by atoms with Gasteiger partial charge in [0.2, 0.25) is 0 Å². The van der Waals surface area contributed by atoms with Crippen LogP contribution in [0.3, 0.4) is 0 Å². The largest absolute Gasteiger partial charge is 0.508 e. The van der Waals surface area contributed by atoms with Crippen LogP contribution in [0.1, 0.15) is 62.2 Å². The van der Waals surface area contributed by atoms with Crippen LogP contribution in [0.15, 0.2) is 18.2 Å². The summed E-state index contributed by atoms with van der Waals surface area (Å²) in [6.07, 6.45) is 9.31. The Morgan fingerprint density at radius 1 is 1.22 bits per heavy atom. The average Bonchev–Trinajstić information content (AvgIpc) is 2.80. The number of aliphatic hydroxyl groups is 2. The quantitative estimate of drug-likeness (QED) is 0.645. The molecule has 2 saturated carbocycles. The Balaban J connectivity index is 1.76. The van der Waals surface area contributed by atoms with Gasteiger partial charge in [-0.3, -0.25) is 0 Å². The zero-order valence-corrected chi connectivity index (χ0v) is 13.5. The van der Waals surface area contributed by atoms with Crippen molar-refractivity contribution < 1.29 is 15.3 Å². The first-order chi connectivity index (χ1) is 10.9. The zero-order chi connectivity index (χ0) is 16.4. The number of fused-ring (bicyclic) bond motifs is 5. The van der Waals surface area contributed by atoms with Crippen LogP contribution in [0.25, 0.3) is 0 Å². The van der Waals surface area contributed by atoms with Gasteiger partial charge >= 0.3 is 0 Å². The monoisotopic (exact) mass is 312 g/mol. The fourth-order valence-corrected chi connectivity index (χ4v) is 5.83. The molecule has 0 saturated heterocycles. The molecule has 0 amide bonds. The molecule has 3 nitrogen and oxygen atoms in total. The van der Waals surface area contributed by atoms with Gasteiger partial charge in [-0.25, -0.2) is 0 Å². The first kappa shape index (κ1) is 15.1. The lowest BCUT2D eigenvalue weighted by molar-refractivity contribution is -0.0729. The minimum atomic E-state index is -1.01. The highest BCUT2D eigenvalue weighted by Gasteiger charge is 2.61. The molecule has 1 aromatic carbocycles. The highest BCUT2D eigenvalue weighted by molar-refractivity contribution is 5.42. The number of hydrogen-bond donors (Lipinski definition) is 3. The molecule has 0 aromatic heterocycles. The summed E-state index contributed by atoms with van der Waals surface area (Å²) in [7, 11) is 0. The van der Waals surface area contributed by atoms with E-state index >= 15 is 0 Å². The minimum Gasteiger partial charge on any atom is -0.508 e. The van der Waals surface area contributed by atoms with Crippen molar-refractivity contribution in [3.63, 3.8) is 0 Å². The Morgan fingerprint density at radius 3 is 2.74 bits per heavy atom. The summed E-state index contributed by atoms with van der Waals surface area (Å²) in [6, 6.07) is 5.39. The Hall–Kier alpha value is -1.50. The molecule has 3 unspecified atom stereocenters. The van der Waals surface area contributed by atoms with Gasteiger partial charge < -0.3 is 15.3 Å². The van der Waals surface area contributed by atoms with Crippen LogP contribution < -0.4 is 0 Å². The third-order valence-corrected chi connectivity index (χ3v) is 7.15. The Kier molecular flexibility index (Phi) is 3.11. The number of phenolic OH excluding ortho intramolecular Hbond substituents is 1. The molecule has 2 fully saturated rings. The molecule has 1 aromatic rings. The molecule has 3 heteroatoms. The summed E-state index contributed by atoms with van der Waals surface area (Å²) in [5.41, 5.74) is 0.782. The van der Waals surface area contributed by atoms with E-state index in [-0.39, 0.29) is 11.2 Å². The van der Waals surface area contributed by atoms with Crippen molar-refractivity contribution in [3.05, 3.63) is 29.3 Å². The van der Waals surface area contributed by atoms with Gasteiger partial charge in [0.05, 0.1) is 6.10 Å². The standard InChI is InChI=1S/C20H24O3/c1-3-20(23)9-7-17-15-11-18(22)16-10-12(21)4-5-13(16)14(15)6-8-19(17,20)2/h1,4-5,10,14-15,17-18,21-23H,6-9,11H2,2H3/t14?,15?,17?,18-,19+,20+/m1/s1. The van der Waals surface area contributed by atoms with E-state index in [0.717, 1.165) is 24.8 Å². The number of phenols is 1. The lowest BCUT2D eigenvalue weighted by Gasteiger charge is -2.52. The first-order valence-corrected chi connectivity index (χ1v) is 8.60. The molecule has 0 aliphatic heterocycles. The van der Waals surface area contributed by atoms with E-state index in [2.05, 4.69) is 12.8 Å². The van der Waals surface area contributed by atoms with Crippen molar-refractivity contribution in [2.24, 2.45) is 17.3 Å². The summed E-state index contributed by atoms with van der Waals surface area (Å²) in [5.74, 6) is 3.98. The molecular weight excluding hydrogens is 288 g/mol. The second-order valence-corrected chi connectivity index (χ2v) is 7.94.